The lowest BCUT2D eigenvalue weighted by molar-refractivity contribution is 0.0845. The van der Waals surface area contributed by atoms with Crippen molar-refractivity contribution in [3.05, 3.63) is 64.2 Å². The minimum absolute atomic E-state index is 0.237. The molecule has 2 rings (SSSR count). The average molecular weight is 365 g/mol. The molecular weight excluding hydrogens is 348 g/mol. The third-order valence-electron chi connectivity index (χ3n) is 3.22. The van der Waals surface area contributed by atoms with Crippen LogP contribution in [0.25, 0.3) is 0 Å². The van der Waals surface area contributed by atoms with Crippen LogP contribution in [0.15, 0.2) is 42.5 Å². The number of rotatable bonds is 5. The predicted octanol–water partition coefficient (Wildman–Crippen LogP) is 3.29. The SMILES string of the molecule is COc1ccc(Cl)cc1C(=O)NNC(=O)c1ccc(CSC)cc1. The third kappa shape index (κ3) is 4.66. The minimum atomic E-state index is -0.512. The van der Waals surface area contributed by atoms with E-state index in [2.05, 4.69) is 10.9 Å². The maximum Gasteiger partial charge on any atom is 0.273 e. The van der Waals surface area contributed by atoms with Crippen molar-refractivity contribution in [2.24, 2.45) is 0 Å². The van der Waals surface area contributed by atoms with Gasteiger partial charge in [0.05, 0.1) is 12.7 Å². The first-order valence-electron chi connectivity index (χ1n) is 7.07. The van der Waals surface area contributed by atoms with E-state index in [1.807, 2.05) is 18.4 Å². The van der Waals surface area contributed by atoms with Gasteiger partial charge >= 0.3 is 0 Å². The number of amides is 2. The average Bonchev–Trinajstić information content (AvgIpc) is 2.60. The fourth-order valence-electron chi connectivity index (χ4n) is 2.03. The highest BCUT2D eigenvalue weighted by molar-refractivity contribution is 7.97. The highest BCUT2D eigenvalue weighted by Gasteiger charge is 2.14. The number of benzene rings is 2. The van der Waals surface area contributed by atoms with Crippen LogP contribution in [-0.2, 0) is 5.75 Å². The summed E-state index contributed by atoms with van der Waals surface area (Å²) in [5, 5.41) is 0.400. The zero-order valence-electron chi connectivity index (χ0n) is 13.3. The number of hydrogen-bond donors (Lipinski definition) is 2. The molecule has 0 atom stereocenters. The van der Waals surface area contributed by atoms with Gasteiger partial charge in [0.1, 0.15) is 5.75 Å². The number of halogens is 1. The number of ether oxygens (including phenoxy) is 1. The Morgan fingerprint density at radius 2 is 1.75 bits per heavy atom. The molecule has 0 spiro atoms. The van der Waals surface area contributed by atoms with Crippen molar-refractivity contribution < 1.29 is 14.3 Å². The molecule has 0 heterocycles. The number of carbonyl (C=O) groups excluding carboxylic acids is 2. The second kappa shape index (κ2) is 8.61. The van der Waals surface area contributed by atoms with Gasteiger partial charge in [-0.2, -0.15) is 11.8 Å². The highest BCUT2D eigenvalue weighted by atomic mass is 35.5. The van der Waals surface area contributed by atoms with Crippen molar-refractivity contribution in [3.8, 4) is 5.75 Å². The van der Waals surface area contributed by atoms with Gasteiger partial charge in [0.2, 0.25) is 0 Å². The Morgan fingerprint density at radius 1 is 1.08 bits per heavy atom. The van der Waals surface area contributed by atoms with Crippen LogP contribution in [0, 0.1) is 0 Å². The van der Waals surface area contributed by atoms with Gasteiger partial charge in [-0.15, -0.1) is 0 Å². The maximum atomic E-state index is 12.2. The van der Waals surface area contributed by atoms with E-state index in [4.69, 9.17) is 16.3 Å². The quantitative estimate of drug-likeness (QED) is 0.799. The number of methoxy groups -OCH3 is 1. The Hall–Kier alpha value is -2.18. The lowest BCUT2D eigenvalue weighted by atomic mass is 10.1. The van der Waals surface area contributed by atoms with Crippen molar-refractivity contribution in [2.75, 3.05) is 13.4 Å². The summed E-state index contributed by atoms with van der Waals surface area (Å²) in [6.07, 6.45) is 2.01. The lowest BCUT2D eigenvalue weighted by Gasteiger charge is -2.11. The second-order valence-electron chi connectivity index (χ2n) is 4.88. The van der Waals surface area contributed by atoms with E-state index >= 15 is 0 Å². The molecule has 126 valence electrons. The Balaban J connectivity index is 2.01. The minimum Gasteiger partial charge on any atom is -0.496 e. The molecule has 2 N–H and O–H groups in total. The molecule has 0 radical (unpaired) electrons. The Kier molecular flexibility index (Phi) is 6.52. The topological polar surface area (TPSA) is 67.4 Å². The molecule has 0 aliphatic rings. The van der Waals surface area contributed by atoms with Crippen LogP contribution in [0.1, 0.15) is 26.3 Å². The van der Waals surface area contributed by atoms with E-state index in [1.165, 1.54) is 13.2 Å². The molecule has 0 unspecified atom stereocenters. The molecule has 0 fully saturated rings. The van der Waals surface area contributed by atoms with Gasteiger partial charge in [-0.3, -0.25) is 20.4 Å². The lowest BCUT2D eigenvalue weighted by Crippen LogP contribution is -2.41. The van der Waals surface area contributed by atoms with E-state index in [0.29, 0.717) is 16.3 Å². The molecule has 0 aliphatic carbocycles. The Morgan fingerprint density at radius 3 is 2.38 bits per heavy atom. The van der Waals surface area contributed by atoms with E-state index in [1.54, 1.807) is 36.0 Å². The standard InChI is InChI=1S/C17H17ClN2O3S/c1-23-15-8-7-13(18)9-14(15)17(22)20-19-16(21)12-5-3-11(4-6-12)10-24-2/h3-9H,10H2,1-2H3,(H,19,21)(H,20,22). The second-order valence-corrected chi connectivity index (χ2v) is 6.19. The van der Waals surface area contributed by atoms with E-state index in [-0.39, 0.29) is 5.56 Å². The molecule has 7 heteroatoms. The number of hydrogen-bond acceptors (Lipinski definition) is 4. The van der Waals surface area contributed by atoms with Crippen LogP contribution < -0.4 is 15.6 Å². The zero-order chi connectivity index (χ0) is 17.5. The summed E-state index contributed by atoms with van der Waals surface area (Å²) < 4.78 is 5.11. The summed E-state index contributed by atoms with van der Waals surface area (Å²) in [5.74, 6) is 0.335. The molecule has 2 aromatic rings. The zero-order valence-corrected chi connectivity index (χ0v) is 14.8. The van der Waals surface area contributed by atoms with Gasteiger partial charge < -0.3 is 4.74 Å². The van der Waals surface area contributed by atoms with E-state index in [0.717, 1.165) is 11.3 Å². The monoisotopic (exact) mass is 364 g/mol. The van der Waals surface area contributed by atoms with Crippen molar-refractivity contribution in [3.63, 3.8) is 0 Å². The van der Waals surface area contributed by atoms with Crippen LogP contribution in [0.4, 0.5) is 0 Å². The summed E-state index contributed by atoms with van der Waals surface area (Å²) in [5.41, 5.74) is 6.56. The molecule has 2 amide bonds. The van der Waals surface area contributed by atoms with E-state index in [9.17, 15) is 9.59 Å². The largest absolute Gasteiger partial charge is 0.496 e. The van der Waals surface area contributed by atoms with Gasteiger partial charge in [-0.05, 0) is 42.2 Å². The molecule has 0 saturated heterocycles. The molecule has 0 saturated carbocycles. The van der Waals surface area contributed by atoms with Crippen LogP contribution in [0.3, 0.4) is 0 Å². The summed E-state index contributed by atoms with van der Waals surface area (Å²) in [4.78, 5) is 24.3. The molecule has 0 bridgehead atoms. The first-order chi connectivity index (χ1) is 11.5. The third-order valence-corrected chi connectivity index (χ3v) is 4.08. The number of carbonyl (C=O) groups is 2. The fraction of sp³-hybridized carbons (Fsp3) is 0.176. The molecule has 0 aromatic heterocycles. The maximum absolute atomic E-state index is 12.2. The first kappa shape index (κ1) is 18.2. The number of thioether (sulfide) groups is 1. The summed E-state index contributed by atoms with van der Waals surface area (Å²) >= 11 is 7.60. The van der Waals surface area contributed by atoms with Crippen molar-refractivity contribution in [2.45, 2.75) is 5.75 Å². The summed E-state index contributed by atoms with van der Waals surface area (Å²) in [7, 11) is 1.45. The Labute approximate surface area is 149 Å². The van der Waals surface area contributed by atoms with Crippen LogP contribution in [0.5, 0.6) is 5.75 Å². The number of hydrazine groups is 1. The summed E-state index contributed by atoms with van der Waals surface area (Å²) in [6, 6.07) is 11.9. The fourth-order valence-corrected chi connectivity index (χ4v) is 2.73. The molecule has 5 nitrogen and oxygen atoms in total. The van der Waals surface area contributed by atoms with Gasteiger partial charge in [-0.25, -0.2) is 0 Å². The Bertz CT molecular complexity index is 735. The van der Waals surface area contributed by atoms with Gasteiger partial charge in [0.15, 0.2) is 0 Å². The summed E-state index contributed by atoms with van der Waals surface area (Å²) in [6.45, 7) is 0. The highest BCUT2D eigenvalue weighted by Crippen LogP contribution is 2.22. The molecular formula is C17H17ClN2O3S. The van der Waals surface area contributed by atoms with Crippen LogP contribution in [0.2, 0.25) is 5.02 Å². The molecule has 2 aromatic carbocycles. The van der Waals surface area contributed by atoms with Gasteiger partial charge in [0.25, 0.3) is 11.8 Å². The van der Waals surface area contributed by atoms with Crippen molar-refractivity contribution >= 4 is 35.2 Å². The van der Waals surface area contributed by atoms with Crippen LogP contribution >= 0.6 is 23.4 Å². The normalized spacial score (nSPS) is 10.1. The first-order valence-corrected chi connectivity index (χ1v) is 8.84. The molecule has 24 heavy (non-hydrogen) atoms. The van der Waals surface area contributed by atoms with Crippen molar-refractivity contribution in [1.82, 2.24) is 10.9 Å². The smallest absolute Gasteiger partial charge is 0.273 e. The van der Waals surface area contributed by atoms with Crippen LogP contribution in [-0.4, -0.2) is 25.2 Å². The molecule has 0 aliphatic heterocycles. The van der Waals surface area contributed by atoms with Gasteiger partial charge in [-0.1, -0.05) is 23.7 Å². The number of nitrogens with one attached hydrogen (secondary N) is 2. The predicted molar refractivity (Wildman–Crippen MR) is 96.6 cm³/mol. The van der Waals surface area contributed by atoms with Gasteiger partial charge in [0, 0.05) is 16.3 Å². The van der Waals surface area contributed by atoms with Crippen molar-refractivity contribution in [1.29, 1.82) is 0 Å². The van der Waals surface area contributed by atoms with E-state index < -0.39 is 11.8 Å².